The number of amides is 1. The fraction of sp³-hybridized carbons (Fsp3) is 0.588. The molecule has 1 saturated carbocycles. The first-order chi connectivity index (χ1) is 10.2. The van der Waals surface area contributed by atoms with Crippen molar-refractivity contribution in [3.05, 3.63) is 35.6 Å². The van der Waals surface area contributed by atoms with Crippen LogP contribution in [0.4, 0.5) is 4.39 Å². The van der Waals surface area contributed by atoms with Crippen LogP contribution in [0.3, 0.4) is 0 Å². The molecule has 1 N–H and O–H groups in total. The van der Waals surface area contributed by atoms with E-state index >= 15 is 0 Å². The van der Waals surface area contributed by atoms with Gasteiger partial charge in [0.15, 0.2) is 0 Å². The first-order valence-electron chi connectivity index (χ1n) is 7.81. The highest BCUT2D eigenvalue weighted by molar-refractivity contribution is 5.79. The van der Waals surface area contributed by atoms with E-state index in [4.69, 9.17) is 4.74 Å². The lowest BCUT2D eigenvalue weighted by molar-refractivity contribution is -0.132. The molecule has 1 aromatic carbocycles. The Hall–Kier alpha value is -1.42. The summed E-state index contributed by atoms with van der Waals surface area (Å²) in [5.41, 5.74) is 0.775. The maximum Gasteiger partial charge on any atom is 0.225 e. The number of halogens is 1. The predicted octanol–water partition coefficient (Wildman–Crippen LogP) is 2.83. The summed E-state index contributed by atoms with van der Waals surface area (Å²) in [5.74, 6) is -0.136. The molecule has 1 aliphatic heterocycles. The number of hydrogen-bond acceptors (Lipinski definition) is 2. The van der Waals surface area contributed by atoms with Gasteiger partial charge in [-0.2, -0.15) is 0 Å². The number of nitrogens with one attached hydrogen (secondary N) is 1. The van der Waals surface area contributed by atoms with Gasteiger partial charge in [0.25, 0.3) is 0 Å². The van der Waals surface area contributed by atoms with Gasteiger partial charge in [-0.05, 0) is 56.2 Å². The Morgan fingerprint density at radius 3 is 2.86 bits per heavy atom. The molecule has 1 amide bonds. The van der Waals surface area contributed by atoms with Crippen molar-refractivity contribution in [3.8, 4) is 0 Å². The van der Waals surface area contributed by atoms with Crippen LogP contribution in [0.2, 0.25) is 0 Å². The minimum Gasteiger partial charge on any atom is -0.381 e. The normalized spacial score (nSPS) is 24.1. The summed E-state index contributed by atoms with van der Waals surface area (Å²) in [6, 6.07) is 6.68. The Labute approximate surface area is 124 Å². The van der Waals surface area contributed by atoms with Crippen LogP contribution >= 0.6 is 0 Å². The van der Waals surface area contributed by atoms with Crippen molar-refractivity contribution in [2.24, 2.45) is 5.92 Å². The molecule has 1 aromatic rings. The Morgan fingerprint density at radius 2 is 2.24 bits per heavy atom. The van der Waals surface area contributed by atoms with Crippen LogP contribution in [0.15, 0.2) is 24.3 Å². The number of hydrogen-bond donors (Lipinski definition) is 1. The SMILES string of the molecule is O=C(NC1(Cc2cccc(F)c2)CCC1)C1CCCOC1. The lowest BCUT2D eigenvalue weighted by Gasteiger charge is -2.44. The second-order valence-electron chi connectivity index (χ2n) is 6.34. The molecule has 1 atom stereocenters. The summed E-state index contributed by atoms with van der Waals surface area (Å²) >= 11 is 0. The highest BCUT2D eigenvalue weighted by atomic mass is 19.1. The van der Waals surface area contributed by atoms with Gasteiger partial charge < -0.3 is 10.1 Å². The molecule has 1 saturated heterocycles. The molecule has 114 valence electrons. The number of ether oxygens (including phenoxy) is 1. The maximum atomic E-state index is 13.3. The molecule has 2 fully saturated rings. The van der Waals surface area contributed by atoms with Gasteiger partial charge in [0.2, 0.25) is 5.91 Å². The van der Waals surface area contributed by atoms with E-state index < -0.39 is 0 Å². The first-order valence-corrected chi connectivity index (χ1v) is 7.81. The lowest BCUT2D eigenvalue weighted by atomic mass is 9.72. The molecule has 2 aliphatic rings. The molecule has 0 bridgehead atoms. The fourth-order valence-electron chi connectivity index (χ4n) is 3.30. The first kappa shape index (κ1) is 14.5. The summed E-state index contributed by atoms with van der Waals surface area (Å²) in [6.07, 6.45) is 5.64. The molecule has 0 aromatic heterocycles. The monoisotopic (exact) mass is 291 g/mol. The largest absolute Gasteiger partial charge is 0.381 e. The Kier molecular flexibility index (Phi) is 4.24. The zero-order valence-electron chi connectivity index (χ0n) is 12.2. The molecule has 1 aliphatic carbocycles. The van der Waals surface area contributed by atoms with Crippen LogP contribution < -0.4 is 5.32 Å². The number of carbonyl (C=O) groups excluding carboxylic acids is 1. The van der Waals surface area contributed by atoms with E-state index in [0.717, 1.165) is 44.3 Å². The molecule has 3 nitrogen and oxygen atoms in total. The van der Waals surface area contributed by atoms with Crippen molar-refractivity contribution in [1.82, 2.24) is 5.32 Å². The summed E-state index contributed by atoms with van der Waals surface area (Å²) in [5, 5.41) is 3.23. The summed E-state index contributed by atoms with van der Waals surface area (Å²) < 4.78 is 18.7. The van der Waals surface area contributed by atoms with E-state index in [1.807, 2.05) is 6.07 Å². The molecule has 0 radical (unpaired) electrons. The number of rotatable bonds is 4. The molecule has 1 heterocycles. The summed E-state index contributed by atoms with van der Waals surface area (Å²) in [7, 11) is 0. The highest BCUT2D eigenvalue weighted by Crippen LogP contribution is 2.35. The second-order valence-corrected chi connectivity index (χ2v) is 6.34. The molecule has 21 heavy (non-hydrogen) atoms. The van der Waals surface area contributed by atoms with Gasteiger partial charge in [0.05, 0.1) is 12.5 Å². The van der Waals surface area contributed by atoms with Crippen LogP contribution in [-0.2, 0) is 16.0 Å². The second kappa shape index (κ2) is 6.14. The van der Waals surface area contributed by atoms with Crippen LogP contribution in [0.25, 0.3) is 0 Å². The smallest absolute Gasteiger partial charge is 0.225 e. The van der Waals surface area contributed by atoms with Crippen molar-refractivity contribution < 1.29 is 13.9 Å². The van der Waals surface area contributed by atoms with E-state index in [0.29, 0.717) is 13.0 Å². The van der Waals surface area contributed by atoms with Gasteiger partial charge in [-0.15, -0.1) is 0 Å². The number of carbonyl (C=O) groups is 1. The fourth-order valence-corrected chi connectivity index (χ4v) is 3.30. The van der Waals surface area contributed by atoms with Crippen molar-refractivity contribution in [2.45, 2.75) is 44.1 Å². The Morgan fingerprint density at radius 1 is 1.38 bits per heavy atom. The third kappa shape index (κ3) is 3.43. The van der Waals surface area contributed by atoms with Gasteiger partial charge in [0.1, 0.15) is 5.82 Å². The van der Waals surface area contributed by atoms with E-state index in [2.05, 4.69) is 5.32 Å². The molecular formula is C17H22FNO2. The molecular weight excluding hydrogens is 269 g/mol. The lowest BCUT2D eigenvalue weighted by Crippen LogP contribution is -2.57. The van der Waals surface area contributed by atoms with Crippen LogP contribution in [0, 0.1) is 11.7 Å². The predicted molar refractivity (Wildman–Crippen MR) is 78.4 cm³/mol. The third-order valence-electron chi connectivity index (χ3n) is 4.66. The van der Waals surface area contributed by atoms with E-state index in [9.17, 15) is 9.18 Å². The third-order valence-corrected chi connectivity index (χ3v) is 4.66. The topological polar surface area (TPSA) is 38.3 Å². The van der Waals surface area contributed by atoms with Crippen molar-refractivity contribution in [2.75, 3.05) is 13.2 Å². The molecule has 4 heteroatoms. The van der Waals surface area contributed by atoms with Crippen molar-refractivity contribution in [3.63, 3.8) is 0 Å². The molecule has 1 unspecified atom stereocenters. The van der Waals surface area contributed by atoms with E-state index in [1.165, 1.54) is 6.07 Å². The average molecular weight is 291 g/mol. The standard InChI is InChI=1S/C17H22FNO2/c18-15-6-1-4-13(10-15)11-17(7-3-8-17)19-16(20)14-5-2-9-21-12-14/h1,4,6,10,14H,2-3,5,7-9,11-12H2,(H,19,20). The van der Waals surface area contributed by atoms with Gasteiger partial charge in [0, 0.05) is 12.1 Å². The summed E-state index contributed by atoms with van der Waals surface area (Å²) in [6.45, 7) is 1.29. The van der Waals surface area contributed by atoms with Gasteiger partial charge >= 0.3 is 0 Å². The minimum atomic E-state index is -0.214. The van der Waals surface area contributed by atoms with Gasteiger partial charge in [-0.1, -0.05) is 12.1 Å². The van der Waals surface area contributed by atoms with E-state index in [-0.39, 0.29) is 23.2 Å². The zero-order valence-corrected chi connectivity index (χ0v) is 12.2. The zero-order chi connectivity index (χ0) is 14.7. The van der Waals surface area contributed by atoms with Gasteiger partial charge in [-0.3, -0.25) is 4.79 Å². The van der Waals surface area contributed by atoms with Crippen molar-refractivity contribution in [1.29, 1.82) is 0 Å². The molecule has 3 rings (SSSR count). The summed E-state index contributed by atoms with van der Waals surface area (Å²) in [4.78, 5) is 12.4. The van der Waals surface area contributed by atoms with Crippen LogP contribution in [0.5, 0.6) is 0 Å². The average Bonchev–Trinajstić information content (AvgIpc) is 2.46. The Balaban J connectivity index is 1.64. The minimum absolute atomic E-state index is 0.0243. The van der Waals surface area contributed by atoms with Crippen LogP contribution in [-0.4, -0.2) is 24.7 Å². The quantitative estimate of drug-likeness (QED) is 0.926. The van der Waals surface area contributed by atoms with Crippen LogP contribution in [0.1, 0.15) is 37.7 Å². The highest BCUT2D eigenvalue weighted by Gasteiger charge is 2.39. The number of benzene rings is 1. The molecule has 0 spiro atoms. The van der Waals surface area contributed by atoms with Crippen molar-refractivity contribution >= 4 is 5.91 Å². The van der Waals surface area contributed by atoms with E-state index in [1.54, 1.807) is 12.1 Å². The Bertz CT molecular complexity index is 507. The van der Waals surface area contributed by atoms with Gasteiger partial charge in [-0.25, -0.2) is 4.39 Å². The maximum absolute atomic E-state index is 13.3.